The molecular weight excluding hydrogens is 276 g/mol. The Bertz CT molecular complexity index is 695. The number of carbonyl (C=O) groups excluding carboxylic acids is 2. The lowest BCUT2D eigenvalue weighted by Gasteiger charge is -2.15. The van der Waals surface area contributed by atoms with Crippen molar-refractivity contribution in [2.45, 2.75) is 26.8 Å². The van der Waals surface area contributed by atoms with Gasteiger partial charge >= 0.3 is 0 Å². The minimum atomic E-state index is -0.618. The Morgan fingerprint density at radius 2 is 1.73 bits per heavy atom. The Balaban J connectivity index is 1.99. The quantitative estimate of drug-likeness (QED) is 0.911. The molecule has 0 aliphatic carbocycles. The van der Waals surface area contributed by atoms with Gasteiger partial charge in [-0.1, -0.05) is 30.3 Å². The van der Waals surface area contributed by atoms with Crippen molar-refractivity contribution in [1.29, 1.82) is 0 Å². The van der Waals surface area contributed by atoms with E-state index in [1.807, 2.05) is 50.2 Å². The van der Waals surface area contributed by atoms with Crippen LogP contribution < -0.4 is 10.6 Å². The van der Waals surface area contributed by atoms with E-state index in [4.69, 9.17) is 0 Å². The molecule has 22 heavy (non-hydrogen) atoms. The maximum absolute atomic E-state index is 12.2. The van der Waals surface area contributed by atoms with Crippen LogP contribution in [-0.2, 0) is 4.79 Å². The van der Waals surface area contributed by atoms with Gasteiger partial charge in [0.1, 0.15) is 6.04 Å². The fraction of sp³-hybridized carbons (Fsp3) is 0.222. The molecule has 0 aromatic heterocycles. The lowest BCUT2D eigenvalue weighted by atomic mass is 10.1. The van der Waals surface area contributed by atoms with E-state index in [-0.39, 0.29) is 11.8 Å². The van der Waals surface area contributed by atoms with Crippen LogP contribution in [0.2, 0.25) is 0 Å². The first kappa shape index (κ1) is 15.8. The zero-order valence-electron chi connectivity index (χ0n) is 13.0. The van der Waals surface area contributed by atoms with Crippen molar-refractivity contribution in [3.63, 3.8) is 0 Å². The van der Waals surface area contributed by atoms with Crippen LogP contribution in [0, 0.1) is 13.8 Å². The third kappa shape index (κ3) is 3.95. The second kappa shape index (κ2) is 6.89. The maximum atomic E-state index is 12.2. The zero-order valence-corrected chi connectivity index (χ0v) is 13.0. The van der Waals surface area contributed by atoms with Crippen LogP contribution in [0.5, 0.6) is 0 Å². The average molecular weight is 296 g/mol. The summed E-state index contributed by atoms with van der Waals surface area (Å²) in [5.41, 5.74) is 3.25. The monoisotopic (exact) mass is 296 g/mol. The van der Waals surface area contributed by atoms with Gasteiger partial charge in [0.2, 0.25) is 5.91 Å². The number of amides is 2. The van der Waals surface area contributed by atoms with Crippen LogP contribution in [-0.4, -0.2) is 17.9 Å². The molecule has 114 valence electrons. The molecule has 2 amide bonds. The summed E-state index contributed by atoms with van der Waals surface area (Å²) in [4.78, 5) is 24.3. The maximum Gasteiger partial charge on any atom is 0.252 e. The second-order valence-electron chi connectivity index (χ2n) is 5.37. The Hall–Kier alpha value is -2.62. The molecule has 2 rings (SSSR count). The summed E-state index contributed by atoms with van der Waals surface area (Å²) in [7, 11) is 0. The molecule has 0 bridgehead atoms. The first-order valence-electron chi connectivity index (χ1n) is 7.21. The van der Waals surface area contributed by atoms with E-state index in [2.05, 4.69) is 10.6 Å². The summed E-state index contributed by atoms with van der Waals surface area (Å²) in [6.45, 7) is 5.49. The fourth-order valence-corrected chi connectivity index (χ4v) is 2.14. The summed E-state index contributed by atoms with van der Waals surface area (Å²) in [5.74, 6) is -0.488. The van der Waals surface area contributed by atoms with Crippen molar-refractivity contribution >= 4 is 17.5 Å². The molecule has 1 unspecified atom stereocenters. The van der Waals surface area contributed by atoms with Crippen molar-refractivity contribution in [3.8, 4) is 0 Å². The SMILES string of the molecule is Cc1cccc(NC(=O)C(C)NC(=O)c2ccccc2C)c1. The number of nitrogens with one attached hydrogen (secondary N) is 2. The molecule has 0 spiro atoms. The number of benzene rings is 2. The Morgan fingerprint density at radius 1 is 1.00 bits per heavy atom. The van der Waals surface area contributed by atoms with Gasteiger partial charge in [0.05, 0.1) is 0 Å². The Morgan fingerprint density at radius 3 is 2.41 bits per heavy atom. The van der Waals surface area contributed by atoms with E-state index < -0.39 is 6.04 Å². The van der Waals surface area contributed by atoms with E-state index >= 15 is 0 Å². The van der Waals surface area contributed by atoms with Gasteiger partial charge < -0.3 is 10.6 Å². The number of aryl methyl sites for hydroxylation is 2. The predicted octanol–water partition coefficient (Wildman–Crippen LogP) is 3.06. The second-order valence-corrected chi connectivity index (χ2v) is 5.37. The number of hydrogen-bond donors (Lipinski definition) is 2. The standard InChI is InChI=1S/C18H20N2O2/c1-12-7-6-9-15(11-12)20-17(21)14(3)19-18(22)16-10-5-4-8-13(16)2/h4-11,14H,1-3H3,(H,19,22)(H,20,21). The Kier molecular flexibility index (Phi) is 4.94. The van der Waals surface area contributed by atoms with E-state index in [0.717, 1.165) is 16.8 Å². The van der Waals surface area contributed by atoms with Crippen LogP contribution >= 0.6 is 0 Å². The molecule has 4 nitrogen and oxygen atoms in total. The summed E-state index contributed by atoms with van der Waals surface area (Å²) in [6.07, 6.45) is 0. The molecule has 4 heteroatoms. The lowest BCUT2D eigenvalue weighted by molar-refractivity contribution is -0.117. The van der Waals surface area contributed by atoms with Crippen molar-refractivity contribution < 1.29 is 9.59 Å². The minimum absolute atomic E-state index is 0.243. The summed E-state index contributed by atoms with van der Waals surface area (Å²) < 4.78 is 0. The highest BCUT2D eigenvalue weighted by molar-refractivity contribution is 6.01. The van der Waals surface area contributed by atoms with E-state index in [1.54, 1.807) is 19.1 Å². The molecule has 2 N–H and O–H groups in total. The van der Waals surface area contributed by atoms with E-state index in [0.29, 0.717) is 5.56 Å². The minimum Gasteiger partial charge on any atom is -0.341 e. The average Bonchev–Trinajstić information content (AvgIpc) is 2.47. The molecule has 0 saturated heterocycles. The molecule has 0 fully saturated rings. The largest absolute Gasteiger partial charge is 0.341 e. The lowest BCUT2D eigenvalue weighted by Crippen LogP contribution is -2.41. The van der Waals surface area contributed by atoms with Crippen LogP contribution in [0.15, 0.2) is 48.5 Å². The molecule has 0 heterocycles. The highest BCUT2D eigenvalue weighted by Gasteiger charge is 2.17. The molecule has 0 saturated carbocycles. The van der Waals surface area contributed by atoms with E-state index in [1.165, 1.54) is 0 Å². The summed E-state index contributed by atoms with van der Waals surface area (Å²) >= 11 is 0. The first-order valence-corrected chi connectivity index (χ1v) is 7.21. The normalized spacial score (nSPS) is 11.6. The number of carbonyl (C=O) groups is 2. The third-order valence-corrected chi connectivity index (χ3v) is 3.42. The van der Waals surface area contributed by atoms with Gasteiger partial charge in [0.25, 0.3) is 5.91 Å². The Labute approximate surface area is 130 Å². The zero-order chi connectivity index (χ0) is 16.1. The molecule has 0 aliphatic heterocycles. The first-order chi connectivity index (χ1) is 10.5. The highest BCUT2D eigenvalue weighted by atomic mass is 16.2. The predicted molar refractivity (Wildman–Crippen MR) is 87.9 cm³/mol. The molecule has 2 aromatic rings. The summed E-state index contributed by atoms with van der Waals surface area (Å²) in [5, 5.41) is 5.52. The molecule has 2 aromatic carbocycles. The van der Waals surface area contributed by atoms with Crippen molar-refractivity contribution in [3.05, 3.63) is 65.2 Å². The van der Waals surface area contributed by atoms with Gasteiger partial charge in [-0.3, -0.25) is 9.59 Å². The van der Waals surface area contributed by atoms with Gasteiger partial charge in [0, 0.05) is 11.3 Å². The molecular formula is C18H20N2O2. The van der Waals surface area contributed by atoms with Gasteiger partial charge in [-0.15, -0.1) is 0 Å². The molecule has 0 radical (unpaired) electrons. The smallest absolute Gasteiger partial charge is 0.252 e. The van der Waals surface area contributed by atoms with Gasteiger partial charge in [-0.25, -0.2) is 0 Å². The van der Waals surface area contributed by atoms with Crippen LogP contribution in [0.1, 0.15) is 28.4 Å². The third-order valence-electron chi connectivity index (χ3n) is 3.42. The van der Waals surface area contributed by atoms with Gasteiger partial charge in [0.15, 0.2) is 0 Å². The molecule has 0 aliphatic rings. The molecule has 1 atom stereocenters. The van der Waals surface area contributed by atoms with Gasteiger partial charge in [-0.05, 0) is 50.1 Å². The van der Waals surface area contributed by atoms with E-state index in [9.17, 15) is 9.59 Å². The number of rotatable bonds is 4. The highest BCUT2D eigenvalue weighted by Crippen LogP contribution is 2.10. The van der Waals surface area contributed by atoms with Crippen molar-refractivity contribution in [2.75, 3.05) is 5.32 Å². The van der Waals surface area contributed by atoms with Crippen molar-refractivity contribution in [1.82, 2.24) is 5.32 Å². The van der Waals surface area contributed by atoms with Gasteiger partial charge in [-0.2, -0.15) is 0 Å². The van der Waals surface area contributed by atoms with Crippen molar-refractivity contribution in [2.24, 2.45) is 0 Å². The van der Waals surface area contributed by atoms with Crippen LogP contribution in [0.3, 0.4) is 0 Å². The summed E-state index contributed by atoms with van der Waals surface area (Å²) in [6, 6.07) is 14.2. The number of hydrogen-bond acceptors (Lipinski definition) is 2. The van der Waals surface area contributed by atoms with Crippen LogP contribution in [0.4, 0.5) is 5.69 Å². The van der Waals surface area contributed by atoms with Crippen LogP contribution in [0.25, 0.3) is 0 Å². The fourth-order valence-electron chi connectivity index (χ4n) is 2.14. The topological polar surface area (TPSA) is 58.2 Å². The number of anilines is 1.